The van der Waals surface area contributed by atoms with Gasteiger partial charge in [-0.05, 0) is 135 Å². The van der Waals surface area contributed by atoms with E-state index in [1.54, 1.807) is 0 Å². The molecule has 11 rings (SSSR count). The van der Waals surface area contributed by atoms with E-state index < -0.39 is 0 Å². The van der Waals surface area contributed by atoms with E-state index in [9.17, 15) is 0 Å². The van der Waals surface area contributed by atoms with Crippen molar-refractivity contribution >= 4 is 40.5 Å². The summed E-state index contributed by atoms with van der Waals surface area (Å²) in [6, 6.07) is 31.9. The molecule has 0 bridgehead atoms. The van der Waals surface area contributed by atoms with Gasteiger partial charge in [0.15, 0.2) is 5.84 Å². The van der Waals surface area contributed by atoms with Gasteiger partial charge in [0.2, 0.25) is 0 Å². The molecule has 0 radical (unpaired) electrons. The fraction of sp³-hybridized carbons (Fsp3) is 0.226. The van der Waals surface area contributed by atoms with E-state index in [-0.39, 0.29) is 6.04 Å². The van der Waals surface area contributed by atoms with Crippen LogP contribution >= 0.6 is 0 Å². The molecule has 6 aliphatic rings. The van der Waals surface area contributed by atoms with Crippen molar-refractivity contribution in [2.75, 3.05) is 0 Å². The maximum absolute atomic E-state index is 5.49. The molecule has 0 N–H and O–H groups in total. The first-order valence-electron chi connectivity index (χ1n) is 20.7. The maximum atomic E-state index is 5.49. The Balaban J connectivity index is 0.960. The van der Waals surface area contributed by atoms with Crippen molar-refractivity contribution in [1.82, 2.24) is 4.98 Å². The first-order chi connectivity index (χ1) is 27.7. The highest BCUT2D eigenvalue weighted by atomic mass is 15.0. The Hall–Kier alpha value is -5.93. The molecule has 1 aliphatic heterocycles. The van der Waals surface area contributed by atoms with E-state index in [2.05, 4.69) is 152 Å². The highest BCUT2D eigenvalue weighted by Crippen LogP contribution is 2.47. The Bertz CT molecular complexity index is 2660. The van der Waals surface area contributed by atoms with Crippen molar-refractivity contribution in [3.8, 4) is 11.1 Å². The third-order valence-electron chi connectivity index (χ3n) is 13.0. The van der Waals surface area contributed by atoms with Crippen molar-refractivity contribution in [3.63, 3.8) is 0 Å². The molecule has 5 aromatic rings. The predicted octanol–water partition coefficient (Wildman–Crippen LogP) is 12.9. The van der Waals surface area contributed by atoms with Crippen LogP contribution in [-0.4, -0.2) is 16.5 Å². The SMILES string of the molecule is C1=Cc2ncc(C3C=CC(C4=NC(c5ccc(-c6cc7ccccc7c7c6CCC=C7)cc5)CC(C5=Cc6ccccc6C6CCC=CC56)=N4)=CC3)cc2CC1. The summed E-state index contributed by atoms with van der Waals surface area (Å²) in [6.07, 6.45) is 33.7. The van der Waals surface area contributed by atoms with Crippen molar-refractivity contribution in [1.29, 1.82) is 0 Å². The molecule has 272 valence electrons. The molecule has 56 heavy (non-hydrogen) atoms. The Kier molecular flexibility index (Phi) is 8.34. The van der Waals surface area contributed by atoms with Crippen LogP contribution in [0.3, 0.4) is 0 Å². The highest BCUT2D eigenvalue weighted by molar-refractivity contribution is 6.16. The largest absolute Gasteiger partial charge is 0.258 e. The quantitative estimate of drug-likeness (QED) is 0.166. The van der Waals surface area contributed by atoms with Crippen LogP contribution in [0.1, 0.15) is 101 Å². The van der Waals surface area contributed by atoms with Crippen LogP contribution in [0, 0.1) is 5.92 Å². The van der Waals surface area contributed by atoms with Crippen LogP contribution < -0.4 is 0 Å². The molecule has 4 atom stereocenters. The monoisotopic (exact) mass is 723 g/mol. The lowest BCUT2D eigenvalue weighted by atomic mass is 9.69. The molecule has 3 nitrogen and oxygen atoms in total. The number of amidine groups is 1. The van der Waals surface area contributed by atoms with Crippen LogP contribution in [0.25, 0.3) is 40.1 Å². The van der Waals surface area contributed by atoms with Gasteiger partial charge in [-0.1, -0.05) is 127 Å². The molecule has 0 amide bonds. The Morgan fingerprint density at radius 3 is 2.54 bits per heavy atom. The minimum atomic E-state index is -0.0194. The lowest BCUT2D eigenvalue weighted by Crippen LogP contribution is -2.28. The zero-order valence-corrected chi connectivity index (χ0v) is 31.7. The summed E-state index contributed by atoms with van der Waals surface area (Å²) in [4.78, 5) is 15.8. The van der Waals surface area contributed by atoms with Crippen molar-refractivity contribution in [2.24, 2.45) is 15.9 Å². The number of benzene rings is 4. The van der Waals surface area contributed by atoms with Gasteiger partial charge < -0.3 is 0 Å². The second-order valence-electron chi connectivity index (χ2n) is 16.3. The third-order valence-corrected chi connectivity index (χ3v) is 13.0. The second kappa shape index (κ2) is 14.0. The number of aromatic nitrogens is 1. The van der Waals surface area contributed by atoms with Crippen molar-refractivity contribution < 1.29 is 0 Å². The first-order valence-corrected chi connectivity index (χ1v) is 20.7. The van der Waals surface area contributed by atoms with E-state index in [1.807, 2.05) is 0 Å². The molecule has 5 aliphatic carbocycles. The Morgan fingerprint density at radius 2 is 1.61 bits per heavy atom. The third kappa shape index (κ3) is 5.93. The van der Waals surface area contributed by atoms with Gasteiger partial charge in [-0.25, -0.2) is 4.99 Å². The summed E-state index contributed by atoms with van der Waals surface area (Å²) in [5.41, 5.74) is 17.0. The smallest absolute Gasteiger partial charge is 0.155 e. The van der Waals surface area contributed by atoms with Crippen LogP contribution in [0.4, 0.5) is 0 Å². The normalized spacial score (nSPS) is 23.3. The van der Waals surface area contributed by atoms with Crippen LogP contribution in [0.5, 0.6) is 0 Å². The molecule has 0 fully saturated rings. The molecule has 3 heteroatoms. The average molecular weight is 724 g/mol. The summed E-state index contributed by atoms with van der Waals surface area (Å²) in [7, 11) is 0. The Morgan fingerprint density at radius 1 is 0.732 bits per heavy atom. The molecule has 2 heterocycles. The number of fused-ring (bicyclic) bond motifs is 7. The fourth-order valence-electron chi connectivity index (χ4n) is 10.1. The lowest BCUT2D eigenvalue weighted by Gasteiger charge is -2.36. The second-order valence-corrected chi connectivity index (χ2v) is 16.3. The van der Waals surface area contributed by atoms with Gasteiger partial charge in [0.25, 0.3) is 0 Å². The van der Waals surface area contributed by atoms with Gasteiger partial charge in [0, 0.05) is 35.7 Å². The van der Waals surface area contributed by atoms with E-state index >= 15 is 0 Å². The van der Waals surface area contributed by atoms with Gasteiger partial charge >= 0.3 is 0 Å². The summed E-state index contributed by atoms with van der Waals surface area (Å²) in [5, 5.41) is 2.64. The molecular formula is C53H45N3. The number of aryl methyl sites for hydroxylation is 1. The van der Waals surface area contributed by atoms with Crippen molar-refractivity contribution in [2.45, 2.75) is 69.2 Å². The predicted molar refractivity (Wildman–Crippen MR) is 234 cm³/mol. The maximum Gasteiger partial charge on any atom is 0.155 e. The number of pyridine rings is 1. The number of nitrogens with zero attached hydrogens (tertiary/aromatic N) is 3. The fourth-order valence-corrected chi connectivity index (χ4v) is 10.1. The molecule has 1 aromatic heterocycles. The minimum Gasteiger partial charge on any atom is -0.258 e. The van der Waals surface area contributed by atoms with Gasteiger partial charge in [-0.2, -0.15) is 0 Å². The number of allylic oxidation sites excluding steroid dienone is 7. The van der Waals surface area contributed by atoms with E-state index in [4.69, 9.17) is 15.0 Å². The zero-order valence-electron chi connectivity index (χ0n) is 31.7. The molecule has 4 unspecified atom stereocenters. The van der Waals surface area contributed by atoms with E-state index in [0.29, 0.717) is 17.8 Å². The summed E-state index contributed by atoms with van der Waals surface area (Å²) < 4.78 is 0. The molecule has 0 saturated carbocycles. The molecular weight excluding hydrogens is 679 g/mol. The number of aliphatic imine (C=N–C) groups is 2. The number of hydrogen-bond acceptors (Lipinski definition) is 3. The van der Waals surface area contributed by atoms with Gasteiger partial charge in [-0.3, -0.25) is 9.98 Å². The van der Waals surface area contributed by atoms with Gasteiger partial charge in [0.1, 0.15) is 0 Å². The topological polar surface area (TPSA) is 37.6 Å². The minimum absolute atomic E-state index is 0.0194. The number of hydrogen-bond donors (Lipinski definition) is 0. The van der Waals surface area contributed by atoms with E-state index in [1.165, 1.54) is 78.5 Å². The molecule has 0 spiro atoms. The Labute approximate surface area is 330 Å². The van der Waals surface area contributed by atoms with Crippen LogP contribution in [0.2, 0.25) is 0 Å². The standard InChI is InChI=1S/C53H45N3/c1-4-14-42-38(11-1)30-48(46-18-8-6-16-44(42)46)35-23-25-36(26-24-35)51-32-52(49-31-39-12-2-5-15-43(39)45-17-7-9-19-47(45)49)56-53(55-51)37-27-21-34(22-28-37)41-29-40-13-3-10-20-50(40)54-33-41/h1-2,4-6,9-12,14-16,19-21,23-31,33-34,45,47,51H,3,7-8,13,17-18,22,32H2. The summed E-state index contributed by atoms with van der Waals surface area (Å²) in [6.45, 7) is 0. The highest BCUT2D eigenvalue weighted by Gasteiger charge is 2.35. The number of rotatable bonds is 5. The van der Waals surface area contributed by atoms with E-state index in [0.717, 1.165) is 62.0 Å². The zero-order chi connectivity index (χ0) is 37.0. The summed E-state index contributed by atoms with van der Waals surface area (Å²) >= 11 is 0. The molecule has 4 aromatic carbocycles. The van der Waals surface area contributed by atoms with Crippen LogP contribution in [-0.2, 0) is 12.8 Å². The molecule has 0 saturated heterocycles. The average Bonchev–Trinajstić information content (AvgIpc) is 3.28. The van der Waals surface area contributed by atoms with Crippen molar-refractivity contribution in [3.05, 3.63) is 189 Å². The van der Waals surface area contributed by atoms with Gasteiger partial charge in [0.05, 0.1) is 11.7 Å². The van der Waals surface area contributed by atoms with Crippen LogP contribution in [0.15, 0.2) is 155 Å². The summed E-state index contributed by atoms with van der Waals surface area (Å²) in [5.74, 6) is 1.98. The lowest BCUT2D eigenvalue weighted by molar-refractivity contribution is 0.514. The van der Waals surface area contributed by atoms with Gasteiger partial charge in [-0.15, -0.1) is 0 Å². The first kappa shape index (κ1) is 33.4.